The Hall–Kier alpha value is -2.99. The Balaban J connectivity index is 1.50. The first kappa shape index (κ1) is 24.7. The van der Waals surface area contributed by atoms with E-state index in [1.54, 1.807) is 18.2 Å². The molecule has 2 aliphatic heterocycles. The van der Waals surface area contributed by atoms with Crippen LogP contribution in [0.4, 0.5) is 14.9 Å². The summed E-state index contributed by atoms with van der Waals surface area (Å²) in [7, 11) is -0.852. The standard InChI is InChI=1S/C25H29BFN3O6/c1-14-25(2,3)36-26(35-14)19-8-16(13-31)15(9-20(19)27)10-23-29-21-11-17(28-24(32)33)4-5-22(21)30(23)12-18-6-7-34-18/h4-5,8-9,11,14,18,28,31H,6-7,10,12-13H2,1-3H3,(H,32,33). The molecule has 9 nitrogen and oxygen atoms in total. The fourth-order valence-corrected chi connectivity index (χ4v) is 4.58. The predicted molar refractivity (Wildman–Crippen MR) is 132 cm³/mol. The van der Waals surface area contributed by atoms with Crippen molar-refractivity contribution in [2.45, 2.75) is 64.6 Å². The van der Waals surface area contributed by atoms with Gasteiger partial charge in [-0.25, -0.2) is 14.2 Å². The monoisotopic (exact) mass is 497 g/mol. The highest BCUT2D eigenvalue weighted by Crippen LogP contribution is 2.29. The second kappa shape index (κ2) is 9.47. The van der Waals surface area contributed by atoms with Gasteiger partial charge in [-0.2, -0.15) is 0 Å². The number of halogens is 1. The van der Waals surface area contributed by atoms with Crippen molar-refractivity contribution < 1.29 is 33.4 Å². The molecule has 2 saturated heterocycles. The molecular weight excluding hydrogens is 468 g/mol. The lowest BCUT2D eigenvalue weighted by Crippen LogP contribution is -2.37. The lowest BCUT2D eigenvalue weighted by atomic mass is 9.77. The van der Waals surface area contributed by atoms with Crippen molar-refractivity contribution >= 4 is 35.4 Å². The van der Waals surface area contributed by atoms with Gasteiger partial charge in [-0.3, -0.25) is 5.32 Å². The van der Waals surface area contributed by atoms with E-state index >= 15 is 4.39 Å². The van der Waals surface area contributed by atoms with E-state index in [0.29, 0.717) is 41.3 Å². The second-order valence-corrected chi connectivity index (χ2v) is 9.86. The molecule has 2 atom stereocenters. The van der Waals surface area contributed by atoms with Crippen molar-refractivity contribution in [1.29, 1.82) is 0 Å². The molecule has 5 rings (SSSR count). The zero-order chi connectivity index (χ0) is 25.6. The number of ether oxygens (including phenoxy) is 1. The Labute approximate surface area is 208 Å². The molecule has 2 aromatic carbocycles. The maximum absolute atomic E-state index is 15.3. The third-order valence-electron chi connectivity index (χ3n) is 7.07. The molecular formula is C25H29BFN3O6. The molecule has 3 N–H and O–H groups in total. The lowest BCUT2D eigenvalue weighted by molar-refractivity contribution is -0.0589. The van der Waals surface area contributed by atoms with Gasteiger partial charge in [-0.1, -0.05) is 6.07 Å². The summed E-state index contributed by atoms with van der Waals surface area (Å²) in [4.78, 5) is 15.8. The van der Waals surface area contributed by atoms with Crippen LogP contribution in [-0.2, 0) is 33.6 Å². The van der Waals surface area contributed by atoms with E-state index in [9.17, 15) is 9.90 Å². The largest absolute Gasteiger partial charge is 0.497 e. The van der Waals surface area contributed by atoms with Crippen LogP contribution in [-0.4, -0.2) is 57.4 Å². The van der Waals surface area contributed by atoms with Crippen LogP contribution < -0.4 is 10.8 Å². The topological polar surface area (TPSA) is 115 Å². The van der Waals surface area contributed by atoms with Crippen molar-refractivity contribution in [3.05, 3.63) is 53.1 Å². The number of aliphatic hydroxyl groups is 1. The summed E-state index contributed by atoms with van der Waals surface area (Å²) in [5.41, 5.74) is 2.69. The number of carboxylic acid groups (broad SMARTS) is 1. The summed E-state index contributed by atoms with van der Waals surface area (Å²) in [5.74, 6) is 0.188. The normalized spacial score (nSPS) is 21.1. The van der Waals surface area contributed by atoms with Crippen LogP contribution >= 0.6 is 0 Å². The highest BCUT2D eigenvalue weighted by molar-refractivity contribution is 6.62. The number of nitrogens with zero attached hydrogens (tertiary/aromatic N) is 2. The smallest absolute Gasteiger partial charge is 0.465 e. The van der Waals surface area contributed by atoms with Crippen LogP contribution in [0.15, 0.2) is 30.3 Å². The minimum absolute atomic E-state index is 0.0522. The molecule has 190 valence electrons. The molecule has 36 heavy (non-hydrogen) atoms. The number of imidazole rings is 1. The van der Waals surface area contributed by atoms with Gasteiger partial charge in [-0.15, -0.1) is 0 Å². The average molecular weight is 497 g/mol. The number of benzene rings is 2. The summed E-state index contributed by atoms with van der Waals surface area (Å²) in [6.45, 7) is 6.67. The Kier molecular flexibility index (Phi) is 6.50. The van der Waals surface area contributed by atoms with E-state index < -0.39 is 24.6 Å². The number of hydrogen-bond donors (Lipinski definition) is 3. The number of fused-ring (bicyclic) bond motifs is 1. The van der Waals surface area contributed by atoms with Crippen LogP contribution in [0.1, 0.15) is 44.1 Å². The van der Waals surface area contributed by atoms with Gasteiger partial charge in [0.05, 0.1) is 42.0 Å². The molecule has 2 unspecified atom stereocenters. The van der Waals surface area contributed by atoms with Crippen molar-refractivity contribution in [1.82, 2.24) is 9.55 Å². The van der Waals surface area contributed by atoms with Crippen LogP contribution in [0.5, 0.6) is 0 Å². The van der Waals surface area contributed by atoms with Crippen molar-refractivity contribution in [2.75, 3.05) is 11.9 Å². The van der Waals surface area contributed by atoms with Gasteiger partial charge in [0.15, 0.2) is 0 Å². The van der Waals surface area contributed by atoms with E-state index in [4.69, 9.17) is 24.1 Å². The average Bonchev–Trinajstić information content (AvgIpc) is 3.25. The molecule has 2 aliphatic rings. The van der Waals surface area contributed by atoms with Gasteiger partial charge in [0.2, 0.25) is 0 Å². The highest BCUT2D eigenvalue weighted by atomic mass is 19.1. The van der Waals surface area contributed by atoms with Gasteiger partial charge in [0.1, 0.15) is 11.6 Å². The van der Waals surface area contributed by atoms with Crippen molar-refractivity contribution in [3.63, 3.8) is 0 Å². The van der Waals surface area contributed by atoms with Gasteiger partial charge in [0.25, 0.3) is 0 Å². The van der Waals surface area contributed by atoms with E-state index in [-0.39, 0.29) is 30.7 Å². The van der Waals surface area contributed by atoms with Gasteiger partial charge in [0, 0.05) is 24.2 Å². The Morgan fingerprint density at radius 1 is 1.31 bits per heavy atom. The first-order valence-electron chi connectivity index (χ1n) is 12.0. The summed E-state index contributed by atoms with van der Waals surface area (Å²) in [5, 5.41) is 21.5. The molecule has 3 heterocycles. The molecule has 0 bridgehead atoms. The summed E-state index contributed by atoms with van der Waals surface area (Å²) < 4.78 is 34.7. The van der Waals surface area contributed by atoms with Gasteiger partial charge in [-0.05, 0) is 62.6 Å². The van der Waals surface area contributed by atoms with Gasteiger partial charge >= 0.3 is 13.2 Å². The van der Waals surface area contributed by atoms with E-state index in [1.165, 1.54) is 6.07 Å². The molecule has 2 fully saturated rings. The fourth-order valence-electron chi connectivity index (χ4n) is 4.58. The number of rotatable bonds is 7. The minimum Gasteiger partial charge on any atom is -0.465 e. The molecule has 1 aromatic heterocycles. The summed E-state index contributed by atoms with van der Waals surface area (Å²) in [6.07, 6.45) is -0.124. The Morgan fingerprint density at radius 3 is 2.69 bits per heavy atom. The number of amides is 1. The van der Waals surface area contributed by atoms with Crippen LogP contribution in [0.2, 0.25) is 0 Å². The van der Waals surface area contributed by atoms with E-state index in [1.807, 2.05) is 31.4 Å². The Bertz CT molecular complexity index is 1310. The van der Waals surface area contributed by atoms with E-state index in [0.717, 1.165) is 11.9 Å². The van der Waals surface area contributed by atoms with Gasteiger partial charge < -0.3 is 28.8 Å². The number of anilines is 1. The molecule has 11 heteroatoms. The molecule has 0 spiro atoms. The molecule has 0 aliphatic carbocycles. The third-order valence-corrected chi connectivity index (χ3v) is 7.07. The molecule has 0 saturated carbocycles. The Morgan fingerprint density at radius 2 is 2.08 bits per heavy atom. The minimum atomic E-state index is -1.16. The summed E-state index contributed by atoms with van der Waals surface area (Å²) >= 11 is 0. The maximum Gasteiger partial charge on any atom is 0.497 e. The number of aromatic nitrogens is 2. The van der Waals surface area contributed by atoms with E-state index in [2.05, 4.69) is 5.32 Å². The number of hydrogen-bond acceptors (Lipinski definition) is 6. The molecule has 3 aromatic rings. The lowest BCUT2D eigenvalue weighted by Gasteiger charge is -2.27. The zero-order valence-electron chi connectivity index (χ0n) is 20.5. The van der Waals surface area contributed by atoms with Crippen LogP contribution in [0.3, 0.4) is 0 Å². The van der Waals surface area contributed by atoms with Crippen molar-refractivity contribution in [3.8, 4) is 0 Å². The zero-order valence-corrected chi connectivity index (χ0v) is 20.5. The highest BCUT2D eigenvalue weighted by Gasteiger charge is 2.45. The SMILES string of the molecule is CC1OB(c2cc(CO)c(Cc3nc4cc(NC(=O)O)ccc4n3CC3CCO3)cc2F)OC1(C)C. The first-order valence-corrected chi connectivity index (χ1v) is 12.0. The number of aliphatic hydroxyl groups excluding tert-OH is 1. The van der Waals surface area contributed by atoms with Crippen LogP contribution in [0, 0.1) is 5.82 Å². The molecule has 0 radical (unpaired) electrons. The number of nitrogens with one attached hydrogen (secondary N) is 1. The molecule has 1 amide bonds. The third kappa shape index (κ3) is 4.71. The first-order chi connectivity index (χ1) is 17.1. The van der Waals surface area contributed by atoms with Crippen molar-refractivity contribution in [2.24, 2.45) is 0 Å². The maximum atomic E-state index is 15.3. The quantitative estimate of drug-likeness (QED) is 0.430. The summed E-state index contributed by atoms with van der Waals surface area (Å²) in [6, 6.07) is 8.16. The van der Waals surface area contributed by atoms with Crippen LogP contribution in [0.25, 0.3) is 11.0 Å². The predicted octanol–water partition coefficient (Wildman–Crippen LogP) is 3.05. The number of carbonyl (C=O) groups is 1. The fraction of sp³-hybridized carbons (Fsp3) is 0.440. The second-order valence-electron chi connectivity index (χ2n) is 9.86.